The Labute approximate surface area is 103 Å². The van der Waals surface area contributed by atoms with Crippen LogP contribution in [0.4, 0.5) is 0 Å². The molecule has 17 heavy (non-hydrogen) atoms. The average Bonchev–Trinajstić information content (AvgIpc) is 2.90. The van der Waals surface area contributed by atoms with Crippen molar-refractivity contribution in [3.63, 3.8) is 0 Å². The van der Waals surface area contributed by atoms with Crippen molar-refractivity contribution in [3.05, 3.63) is 17.5 Å². The molecule has 1 aromatic heterocycles. The fraction of sp³-hybridized carbons (Fsp3) is 0.273. The average molecular weight is 252 g/mol. The molecule has 0 aliphatic carbocycles. The number of hydrogen-bond acceptors (Lipinski definition) is 6. The highest BCUT2D eigenvalue weighted by atomic mass is 32.1. The zero-order valence-corrected chi connectivity index (χ0v) is 10.6. The zero-order valence-electron chi connectivity index (χ0n) is 9.76. The van der Waals surface area contributed by atoms with Gasteiger partial charge in [0.15, 0.2) is 11.5 Å². The first kappa shape index (κ1) is 11.7. The normalized spacial score (nSPS) is 10.1. The summed E-state index contributed by atoms with van der Waals surface area (Å²) in [7, 11) is 4.74. The van der Waals surface area contributed by atoms with Crippen LogP contribution >= 0.6 is 11.5 Å². The Kier molecular flexibility index (Phi) is 3.43. The standard InChI is InChI=1S/C11H12N2O3S/c1-14-9-4-7(8-6-17-13-12-8)5-10(15-2)11(9)16-3/h4-6H,1-3H3. The summed E-state index contributed by atoms with van der Waals surface area (Å²) in [4.78, 5) is 0. The predicted molar refractivity (Wildman–Crippen MR) is 65.0 cm³/mol. The van der Waals surface area contributed by atoms with Gasteiger partial charge in [0.1, 0.15) is 5.69 Å². The minimum Gasteiger partial charge on any atom is -0.493 e. The van der Waals surface area contributed by atoms with Gasteiger partial charge in [0.05, 0.1) is 21.3 Å². The minimum atomic E-state index is 0.571. The number of methoxy groups -OCH3 is 3. The van der Waals surface area contributed by atoms with Gasteiger partial charge in [-0.05, 0) is 23.7 Å². The summed E-state index contributed by atoms with van der Waals surface area (Å²) < 4.78 is 19.6. The molecule has 6 heteroatoms. The van der Waals surface area contributed by atoms with Gasteiger partial charge in [0.2, 0.25) is 5.75 Å². The lowest BCUT2D eigenvalue weighted by atomic mass is 10.1. The Balaban J connectivity index is 2.56. The van der Waals surface area contributed by atoms with Gasteiger partial charge in [0, 0.05) is 10.9 Å². The number of ether oxygens (including phenoxy) is 3. The van der Waals surface area contributed by atoms with E-state index in [-0.39, 0.29) is 0 Å². The monoisotopic (exact) mass is 252 g/mol. The maximum Gasteiger partial charge on any atom is 0.203 e. The Morgan fingerprint density at radius 1 is 1.00 bits per heavy atom. The zero-order chi connectivity index (χ0) is 12.3. The molecule has 0 spiro atoms. The van der Waals surface area contributed by atoms with Gasteiger partial charge in [-0.3, -0.25) is 0 Å². The number of rotatable bonds is 4. The highest BCUT2D eigenvalue weighted by Crippen LogP contribution is 2.40. The third-order valence-electron chi connectivity index (χ3n) is 2.32. The first-order chi connectivity index (χ1) is 8.30. The van der Waals surface area contributed by atoms with Gasteiger partial charge < -0.3 is 14.2 Å². The fourth-order valence-corrected chi connectivity index (χ4v) is 1.98. The van der Waals surface area contributed by atoms with Crippen molar-refractivity contribution in [3.8, 4) is 28.5 Å². The van der Waals surface area contributed by atoms with E-state index in [1.54, 1.807) is 21.3 Å². The molecule has 0 amide bonds. The quantitative estimate of drug-likeness (QED) is 0.835. The van der Waals surface area contributed by atoms with Crippen molar-refractivity contribution in [2.24, 2.45) is 0 Å². The van der Waals surface area contributed by atoms with Crippen molar-refractivity contribution in [2.45, 2.75) is 0 Å². The highest BCUT2D eigenvalue weighted by Gasteiger charge is 2.14. The van der Waals surface area contributed by atoms with Crippen LogP contribution in [0, 0.1) is 0 Å². The van der Waals surface area contributed by atoms with Crippen LogP contribution in [0.1, 0.15) is 0 Å². The highest BCUT2D eigenvalue weighted by molar-refractivity contribution is 7.03. The molecule has 0 aliphatic heterocycles. The molecule has 0 aliphatic rings. The van der Waals surface area contributed by atoms with Gasteiger partial charge in [0.25, 0.3) is 0 Å². The molecule has 0 fully saturated rings. The lowest BCUT2D eigenvalue weighted by Crippen LogP contribution is -1.95. The molecule has 0 N–H and O–H groups in total. The molecule has 2 rings (SSSR count). The number of benzene rings is 1. The molecule has 0 saturated carbocycles. The second-order valence-corrected chi connectivity index (χ2v) is 3.81. The summed E-state index contributed by atoms with van der Waals surface area (Å²) in [5, 5.41) is 5.87. The molecule has 0 atom stereocenters. The van der Waals surface area contributed by atoms with Crippen LogP contribution in [-0.2, 0) is 0 Å². The van der Waals surface area contributed by atoms with E-state index in [1.807, 2.05) is 17.5 Å². The van der Waals surface area contributed by atoms with E-state index >= 15 is 0 Å². The van der Waals surface area contributed by atoms with Gasteiger partial charge in [-0.2, -0.15) is 0 Å². The molecule has 0 bridgehead atoms. The number of aromatic nitrogens is 2. The molecule has 2 aromatic rings. The SMILES string of the molecule is COc1cc(-c2csnn2)cc(OC)c1OC. The van der Waals surface area contributed by atoms with Crippen LogP contribution < -0.4 is 14.2 Å². The second kappa shape index (κ2) is 5.01. The Morgan fingerprint density at radius 2 is 1.65 bits per heavy atom. The molecule has 5 nitrogen and oxygen atoms in total. The fourth-order valence-electron chi connectivity index (χ4n) is 1.52. The third kappa shape index (κ3) is 2.16. The molecule has 1 heterocycles. The lowest BCUT2D eigenvalue weighted by molar-refractivity contribution is 0.324. The van der Waals surface area contributed by atoms with Gasteiger partial charge in [-0.1, -0.05) is 4.49 Å². The molecule has 0 saturated heterocycles. The first-order valence-electron chi connectivity index (χ1n) is 4.87. The van der Waals surface area contributed by atoms with Crippen LogP contribution in [-0.4, -0.2) is 30.9 Å². The van der Waals surface area contributed by atoms with Crippen LogP contribution in [0.5, 0.6) is 17.2 Å². The summed E-state index contributed by atoms with van der Waals surface area (Å²) in [6.07, 6.45) is 0. The topological polar surface area (TPSA) is 53.5 Å². The Bertz CT molecular complexity index is 474. The van der Waals surface area contributed by atoms with Crippen molar-refractivity contribution in [1.82, 2.24) is 9.59 Å². The Morgan fingerprint density at radius 3 is 2.06 bits per heavy atom. The molecular weight excluding hydrogens is 240 g/mol. The summed E-state index contributed by atoms with van der Waals surface area (Å²) in [6.45, 7) is 0. The summed E-state index contributed by atoms with van der Waals surface area (Å²) >= 11 is 1.30. The molecule has 0 unspecified atom stereocenters. The van der Waals surface area contributed by atoms with E-state index in [2.05, 4.69) is 9.59 Å². The van der Waals surface area contributed by atoms with E-state index in [9.17, 15) is 0 Å². The van der Waals surface area contributed by atoms with Crippen LogP contribution in [0.15, 0.2) is 17.5 Å². The van der Waals surface area contributed by atoms with Gasteiger partial charge >= 0.3 is 0 Å². The van der Waals surface area contributed by atoms with E-state index in [0.29, 0.717) is 17.2 Å². The van der Waals surface area contributed by atoms with Crippen LogP contribution in [0.3, 0.4) is 0 Å². The Hall–Kier alpha value is -1.82. The van der Waals surface area contributed by atoms with Crippen LogP contribution in [0.25, 0.3) is 11.3 Å². The van der Waals surface area contributed by atoms with Crippen molar-refractivity contribution in [1.29, 1.82) is 0 Å². The van der Waals surface area contributed by atoms with Crippen molar-refractivity contribution < 1.29 is 14.2 Å². The van der Waals surface area contributed by atoms with E-state index in [1.165, 1.54) is 11.5 Å². The van der Waals surface area contributed by atoms with Crippen molar-refractivity contribution in [2.75, 3.05) is 21.3 Å². The minimum absolute atomic E-state index is 0.571. The molecule has 1 aromatic carbocycles. The number of nitrogens with zero attached hydrogens (tertiary/aromatic N) is 2. The summed E-state index contributed by atoms with van der Waals surface area (Å²) in [5.41, 5.74) is 1.67. The van der Waals surface area contributed by atoms with Crippen LogP contribution in [0.2, 0.25) is 0 Å². The van der Waals surface area contributed by atoms with Gasteiger partial charge in [-0.25, -0.2) is 0 Å². The maximum absolute atomic E-state index is 5.27. The summed E-state index contributed by atoms with van der Waals surface area (Å²) in [6, 6.07) is 3.69. The smallest absolute Gasteiger partial charge is 0.203 e. The lowest BCUT2D eigenvalue weighted by Gasteiger charge is -2.13. The first-order valence-corrected chi connectivity index (χ1v) is 5.71. The second-order valence-electron chi connectivity index (χ2n) is 3.20. The largest absolute Gasteiger partial charge is 0.493 e. The van der Waals surface area contributed by atoms with E-state index in [4.69, 9.17) is 14.2 Å². The predicted octanol–water partition coefficient (Wildman–Crippen LogP) is 2.23. The molecule has 90 valence electrons. The van der Waals surface area contributed by atoms with Crippen molar-refractivity contribution >= 4 is 11.5 Å². The number of hydrogen-bond donors (Lipinski definition) is 0. The summed E-state index contributed by atoms with van der Waals surface area (Å²) in [5.74, 6) is 1.78. The molecule has 0 radical (unpaired) electrons. The van der Waals surface area contributed by atoms with E-state index < -0.39 is 0 Å². The van der Waals surface area contributed by atoms with E-state index in [0.717, 1.165) is 11.3 Å². The maximum atomic E-state index is 5.27. The third-order valence-corrected chi connectivity index (χ3v) is 2.83. The molecular formula is C11H12N2O3S. The van der Waals surface area contributed by atoms with Gasteiger partial charge in [-0.15, -0.1) is 5.10 Å².